The Labute approximate surface area is 73.8 Å². The fourth-order valence-electron chi connectivity index (χ4n) is 0.957. The van der Waals surface area contributed by atoms with E-state index in [4.69, 9.17) is 5.11 Å². The van der Waals surface area contributed by atoms with Gasteiger partial charge in [-0.2, -0.15) is 0 Å². The first-order valence-electron chi connectivity index (χ1n) is 3.79. The van der Waals surface area contributed by atoms with E-state index in [2.05, 4.69) is 9.97 Å². The first kappa shape index (κ1) is 9.53. The number of likely N-dealkylation sites (N-methyl/N-ethyl adjacent to an activating group) is 1. The molecule has 1 heterocycles. The number of nitrogens with one attached hydrogen (secondary N) is 2. The maximum atomic E-state index is 11.2. The van der Waals surface area contributed by atoms with Crippen LogP contribution >= 0.6 is 0 Å². The lowest BCUT2D eigenvalue weighted by Crippen LogP contribution is -2.31. The zero-order valence-corrected chi connectivity index (χ0v) is 7.20. The number of aromatic nitrogens is 2. The molecule has 1 aromatic heterocycles. The van der Waals surface area contributed by atoms with Crippen LogP contribution in [0, 0.1) is 0 Å². The average molecular weight is 185 g/mol. The van der Waals surface area contributed by atoms with Gasteiger partial charge < -0.3 is 15.0 Å². The van der Waals surface area contributed by atoms with Gasteiger partial charge >= 0.3 is 5.69 Å². The summed E-state index contributed by atoms with van der Waals surface area (Å²) >= 11 is 0. The molecule has 6 heteroatoms. The van der Waals surface area contributed by atoms with Crippen molar-refractivity contribution in [2.45, 2.75) is 0 Å². The van der Waals surface area contributed by atoms with Gasteiger partial charge in [0.15, 0.2) is 0 Å². The fourth-order valence-corrected chi connectivity index (χ4v) is 0.957. The Morgan fingerprint density at radius 3 is 2.77 bits per heavy atom. The highest BCUT2D eigenvalue weighted by Crippen LogP contribution is 1.98. The number of nitrogens with zero attached hydrogens (tertiary/aromatic N) is 1. The summed E-state index contributed by atoms with van der Waals surface area (Å²) in [5.41, 5.74) is -0.667. The van der Waals surface area contributed by atoms with E-state index >= 15 is 0 Å². The summed E-state index contributed by atoms with van der Waals surface area (Å²) in [4.78, 5) is 27.8. The summed E-state index contributed by atoms with van der Waals surface area (Å²) in [7, 11) is 1.65. The molecule has 1 rings (SSSR count). The minimum atomic E-state index is -0.536. The molecule has 0 radical (unpaired) electrons. The Balaban J connectivity index is 3.02. The molecular weight excluding hydrogens is 174 g/mol. The molecule has 0 spiro atoms. The molecule has 0 saturated heterocycles. The van der Waals surface area contributed by atoms with Crippen LogP contribution in [0.1, 0.15) is 0 Å². The van der Waals surface area contributed by atoms with Crippen LogP contribution in [0.2, 0.25) is 0 Å². The second kappa shape index (κ2) is 3.90. The number of anilines is 1. The third kappa shape index (κ3) is 2.19. The highest BCUT2D eigenvalue weighted by atomic mass is 16.3. The Hall–Kier alpha value is -1.56. The Morgan fingerprint density at radius 1 is 1.54 bits per heavy atom. The van der Waals surface area contributed by atoms with Crippen LogP contribution in [0.3, 0.4) is 0 Å². The summed E-state index contributed by atoms with van der Waals surface area (Å²) in [6.07, 6.45) is 1.32. The van der Waals surface area contributed by atoms with Crippen LogP contribution < -0.4 is 16.1 Å². The lowest BCUT2D eigenvalue weighted by molar-refractivity contribution is 0.304. The SMILES string of the molecule is CN(CCO)c1c[nH]c(=O)[nH]c1=O. The molecule has 0 aliphatic rings. The molecule has 0 aliphatic heterocycles. The average Bonchev–Trinajstić information content (AvgIpc) is 2.04. The zero-order chi connectivity index (χ0) is 9.84. The number of rotatable bonds is 3. The molecule has 0 amide bonds. The molecule has 1 aromatic rings. The normalized spacial score (nSPS) is 10.0. The van der Waals surface area contributed by atoms with E-state index in [1.165, 1.54) is 6.20 Å². The second-order valence-corrected chi connectivity index (χ2v) is 2.60. The van der Waals surface area contributed by atoms with Crippen molar-refractivity contribution in [3.05, 3.63) is 27.0 Å². The molecule has 6 nitrogen and oxygen atoms in total. The lowest BCUT2D eigenvalue weighted by Gasteiger charge is -2.15. The van der Waals surface area contributed by atoms with Crippen LogP contribution in [0.15, 0.2) is 15.8 Å². The highest BCUT2D eigenvalue weighted by molar-refractivity contribution is 5.40. The summed E-state index contributed by atoms with van der Waals surface area (Å²) in [6, 6.07) is 0. The highest BCUT2D eigenvalue weighted by Gasteiger charge is 2.04. The molecule has 3 N–H and O–H groups in total. The maximum Gasteiger partial charge on any atom is 0.325 e. The molecule has 0 unspecified atom stereocenters. The number of hydrogen-bond donors (Lipinski definition) is 3. The first-order chi connectivity index (χ1) is 6.15. The van der Waals surface area contributed by atoms with Crippen LogP contribution in [-0.2, 0) is 0 Å². The predicted octanol–water partition coefficient (Wildman–Crippen LogP) is -1.51. The van der Waals surface area contributed by atoms with Gasteiger partial charge in [0.2, 0.25) is 0 Å². The minimum absolute atomic E-state index is 0.0466. The van der Waals surface area contributed by atoms with Gasteiger partial charge in [-0.05, 0) is 0 Å². The van der Waals surface area contributed by atoms with Gasteiger partial charge in [-0.15, -0.1) is 0 Å². The van der Waals surface area contributed by atoms with Gasteiger partial charge in [0.1, 0.15) is 5.69 Å². The zero-order valence-electron chi connectivity index (χ0n) is 7.20. The lowest BCUT2D eigenvalue weighted by atomic mass is 10.4. The number of aliphatic hydroxyl groups is 1. The van der Waals surface area contributed by atoms with E-state index in [-0.39, 0.29) is 6.61 Å². The number of H-pyrrole nitrogens is 2. The Bertz CT molecular complexity index is 381. The molecule has 0 aliphatic carbocycles. The van der Waals surface area contributed by atoms with E-state index in [1.54, 1.807) is 11.9 Å². The minimum Gasteiger partial charge on any atom is -0.395 e. The van der Waals surface area contributed by atoms with Crippen molar-refractivity contribution in [1.82, 2.24) is 9.97 Å². The maximum absolute atomic E-state index is 11.2. The fraction of sp³-hybridized carbons (Fsp3) is 0.429. The van der Waals surface area contributed by atoms with E-state index in [9.17, 15) is 9.59 Å². The number of aliphatic hydroxyl groups excluding tert-OH is 1. The van der Waals surface area contributed by atoms with E-state index in [1.807, 2.05) is 0 Å². The molecule has 0 bridgehead atoms. The van der Waals surface area contributed by atoms with Crippen LogP contribution in [0.5, 0.6) is 0 Å². The predicted molar refractivity (Wildman–Crippen MR) is 48.0 cm³/mol. The summed E-state index contributed by atoms with van der Waals surface area (Å²) in [5.74, 6) is 0. The van der Waals surface area contributed by atoms with Gasteiger partial charge in [0.05, 0.1) is 6.61 Å². The number of hydrogen-bond acceptors (Lipinski definition) is 4. The van der Waals surface area contributed by atoms with Crippen molar-refractivity contribution >= 4 is 5.69 Å². The van der Waals surface area contributed by atoms with Crippen LogP contribution in [0.4, 0.5) is 5.69 Å². The summed E-state index contributed by atoms with van der Waals surface area (Å²) < 4.78 is 0. The van der Waals surface area contributed by atoms with E-state index in [0.29, 0.717) is 12.2 Å². The van der Waals surface area contributed by atoms with Crippen molar-refractivity contribution in [2.75, 3.05) is 25.1 Å². The summed E-state index contributed by atoms with van der Waals surface area (Å²) in [6.45, 7) is 0.296. The Kier molecular flexibility index (Phi) is 2.86. The Morgan fingerprint density at radius 2 is 2.23 bits per heavy atom. The van der Waals surface area contributed by atoms with E-state index in [0.717, 1.165) is 0 Å². The van der Waals surface area contributed by atoms with Crippen molar-refractivity contribution in [3.8, 4) is 0 Å². The van der Waals surface area contributed by atoms with Crippen molar-refractivity contribution in [3.63, 3.8) is 0 Å². The number of aromatic amines is 2. The van der Waals surface area contributed by atoms with Gasteiger partial charge in [-0.3, -0.25) is 9.78 Å². The third-order valence-electron chi connectivity index (χ3n) is 1.65. The molecule has 0 atom stereocenters. The van der Waals surface area contributed by atoms with Crippen molar-refractivity contribution in [2.24, 2.45) is 0 Å². The topological polar surface area (TPSA) is 89.2 Å². The molecular formula is C7H11N3O3. The standard InChI is InChI=1S/C7H11N3O3/c1-10(2-3-11)5-4-8-7(13)9-6(5)12/h4,11H,2-3H2,1H3,(H2,8,9,12,13). The van der Waals surface area contributed by atoms with Crippen molar-refractivity contribution in [1.29, 1.82) is 0 Å². The largest absolute Gasteiger partial charge is 0.395 e. The smallest absolute Gasteiger partial charge is 0.325 e. The molecule has 72 valence electrons. The second-order valence-electron chi connectivity index (χ2n) is 2.60. The van der Waals surface area contributed by atoms with Crippen LogP contribution in [-0.4, -0.2) is 35.3 Å². The molecule has 13 heavy (non-hydrogen) atoms. The van der Waals surface area contributed by atoms with E-state index < -0.39 is 11.2 Å². The van der Waals surface area contributed by atoms with Gasteiger partial charge in [0.25, 0.3) is 5.56 Å². The summed E-state index contributed by atoms with van der Waals surface area (Å²) in [5, 5.41) is 8.62. The third-order valence-corrected chi connectivity index (χ3v) is 1.65. The van der Waals surface area contributed by atoms with Gasteiger partial charge in [0, 0.05) is 19.8 Å². The van der Waals surface area contributed by atoms with Gasteiger partial charge in [-0.1, -0.05) is 0 Å². The monoisotopic (exact) mass is 185 g/mol. The first-order valence-corrected chi connectivity index (χ1v) is 3.79. The van der Waals surface area contributed by atoms with Crippen molar-refractivity contribution < 1.29 is 5.11 Å². The van der Waals surface area contributed by atoms with Gasteiger partial charge in [-0.25, -0.2) is 4.79 Å². The quantitative estimate of drug-likeness (QED) is 0.534. The molecule has 0 saturated carbocycles. The molecule has 0 aromatic carbocycles. The molecule has 0 fully saturated rings. The van der Waals surface area contributed by atoms with Crippen LogP contribution in [0.25, 0.3) is 0 Å².